The molecule has 0 aromatic heterocycles. The molecule has 0 saturated carbocycles. The highest BCUT2D eigenvalue weighted by Crippen LogP contribution is 2.12. The summed E-state index contributed by atoms with van der Waals surface area (Å²) in [5.74, 6) is -12.8. The van der Waals surface area contributed by atoms with Crippen LogP contribution in [-0.4, -0.2) is 205 Å². The van der Waals surface area contributed by atoms with E-state index >= 15 is 0 Å². The smallest absolute Gasteiger partial charge is 0.326 e. The molecule has 0 aliphatic carbocycles. The van der Waals surface area contributed by atoms with Crippen LogP contribution >= 0.6 is 0 Å². The molecule has 0 unspecified atom stereocenters. The predicted molar refractivity (Wildman–Crippen MR) is 342 cm³/mol. The van der Waals surface area contributed by atoms with Gasteiger partial charge in [-0.1, -0.05) is 0 Å². The number of nitrogens with zero attached hydrogens (tertiary/aromatic N) is 5. The van der Waals surface area contributed by atoms with Crippen LogP contribution in [0.4, 0.5) is 0 Å². The molecule has 9 amide bonds. The van der Waals surface area contributed by atoms with Crippen molar-refractivity contribution >= 4 is 94.9 Å². The highest BCUT2D eigenvalue weighted by atomic mass is 16.4. The zero-order valence-corrected chi connectivity index (χ0v) is 52.0. The van der Waals surface area contributed by atoms with Crippen molar-refractivity contribution < 1.29 is 63.0 Å². The Morgan fingerprint density at radius 2 is 0.522 bits per heavy atom. The molecule has 0 bridgehead atoms. The highest BCUT2D eigenvalue weighted by molar-refractivity contribution is 5.98. The van der Waals surface area contributed by atoms with E-state index in [0.29, 0.717) is 25.7 Å². The van der Waals surface area contributed by atoms with Gasteiger partial charge in [0, 0.05) is 45.6 Å². The molecule has 0 aromatic rings. The third kappa shape index (κ3) is 39.4. The van der Waals surface area contributed by atoms with Gasteiger partial charge in [0.15, 0.2) is 29.8 Å². The summed E-state index contributed by atoms with van der Waals surface area (Å²) < 4.78 is 0. The van der Waals surface area contributed by atoms with E-state index in [-0.39, 0.29) is 153 Å². The Kier molecular flexibility index (Phi) is 42.4. The van der Waals surface area contributed by atoms with Crippen molar-refractivity contribution in [3.05, 3.63) is 0 Å². The van der Waals surface area contributed by atoms with Gasteiger partial charge in [-0.15, -0.1) is 0 Å². The third-order valence-corrected chi connectivity index (χ3v) is 13.4. The topological polar surface area (TPSA) is 751 Å². The van der Waals surface area contributed by atoms with Crippen LogP contribution in [0, 0.1) is 0 Å². The molecule has 0 aliphatic heterocycles. The number of guanidine groups is 5. The van der Waals surface area contributed by atoms with E-state index in [2.05, 4.69) is 67.5 Å². The lowest BCUT2D eigenvalue weighted by Gasteiger charge is -2.28. The number of hydrogen-bond donors (Lipinski definition) is 24. The summed E-state index contributed by atoms with van der Waals surface area (Å²) in [5, 5.41) is 39.8. The SMILES string of the molecule is NCCCC[C@H](NC(=O)[C@H](N)CCCN=C(N)N)C(=O)N[C@@H](CCCCN)C(=O)N[C@@H](CCC(=O)O)C(=O)N[C@H](CCCN=C(N)N)C(=O)N[C@@H](CCC(N)=O)C(=O)N[C@@H](CCCN=C(N)N)C(=O)N[C@@H](CCCN=C(N)N)C(=O)N[C@H](CCCN=C(N)N)C(=O)O. The van der Waals surface area contributed by atoms with Crippen LogP contribution in [0.2, 0.25) is 0 Å². The number of hydrogen-bond acceptors (Lipinski definition) is 19. The Morgan fingerprint density at radius 1 is 0.293 bits per heavy atom. The van der Waals surface area contributed by atoms with Crippen LogP contribution in [0.25, 0.3) is 0 Å². The molecule has 0 radical (unpaired) electrons. The molecule has 0 saturated heterocycles. The molecule has 9 atom stereocenters. The highest BCUT2D eigenvalue weighted by Gasteiger charge is 2.35. The van der Waals surface area contributed by atoms with E-state index in [0.717, 1.165) is 0 Å². The molecule has 0 aliphatic rings. The second-order valence-electron chi connectivity index (χ2n) is 21.2. The standard InChI is InChI=1S/C52H101N27O13/c53-21-3-1-11-29(72-39(83)28(55)10-5-23-67-48(57)58)40(84)73-30(12-2-4-22-54)41(85)78-35(18-20-38(81)82)46(90)76-32(14-7-25-69-50(61)62)43(87)77-34(17-19-37(56)80)45(89)75-31(13-6-24-68-49(59)60)42(86)74-33(15-8-26-70-51(63)64)44(88)79-36(47(91)92)16-9-27-71-52(65)66/h28-36H,1-27,53-55H2,(H2,56,80)(H,72,83)(H,73,84)(H,74,86)(H,75,89)(H,76,90)(H,77,87)(H,78,85)(H,79,88)(H,81,82)(H,91,92)(H4,57,58,67)(H4,59,60,68)(H4,61,62,69)(H4,63,64,70)(H4,65,66,71)/t28-,29+,30+,31+,32-,33+,34+,35+,36-/m1/s1. The van der Waals surface area contributed by atoms with E-state index in [1.165, 1.54) is 0 Å². The fraction of sp³-hybridized carbons (Fsp3) is 0.692. The maximum Gasteiger partial charge on any atom is 0.326 e. The van der Waals surface area contributed by atoms with Gasteiger partial charge in [-0.3, -0.25) is 72.9 Å². The number of nitrogens with two attached hydrogens (primary N) is 14. The molecule has 40 nitrogen and oxygen atoms in total. The van der Waals surface area contributed by atoms with E-state index in [9.17, 15) is 63.0 Å². The Labute approximate surface area is 532 Å². The van der Waals surface area contributed by atoms with Gasteiger partial charge in [-0.2, -0.15) is 0 Å². The number of nitrogens with one attached hydrogen (secondary N) is 8. The molecule has 0 rings (SSSR count). The molecule has 0 spiro atoms. The van der Waals surface area contributed by atoms with Gasteiger partial charge in [0.2, 0.25) is 53.2 Å². The first-order valence-electron chi connectivity index (χ1n) is 30.0. The first-order chi connectivity index (χ1) is 43.4. The van der Waals surface area contributed by atoms with Crippen LogP contribution in [0.1, 0.15) is 128 Å². The maximum atomic E-state index is 14.5. The van der Waals surface area contributed by atoms with Crippen molar-refractivity contribution in [2.45, 2.75) is 183 Å². The van der Waals surface area contributed by atoms with Gasteiger partial charge in [0.25, 0.3) is 0 Å². The second kappa shape index (κ2) is 47.4. The lowest BCUT2D eigenvalue weighted by atomic mass is 10.0. The summed E-state index contributed by atoms with van der Waals surface area (Å²) in [6, 6.07) is -13.4. The van der Waals surface area contributed by atoms with Gasteiger partial charge in [-0.05, 0) is 129 Å². The van der Waals surface area contributed by atoms with Crippen LogP contribution in [0.5, 0.6) is 0 Å². The van der Waals surface area contributed by atoms with E-state index < -0.39 is 145 Å². The number of unbranched alkanes of at least 4 members (excludes halogenated alkanes) is 2. The fourth-order valence-corrected chi connectivity index (χ4v) is 8.53. The lowest BCUT2D eigenvalue weighted by Crippen LogP contribution is -2.60. The number of primary amides is 1. The van der Waals surface area contributed by atoms with E-state index in [1.54, 1.807) is 0 Å². The minimum atomic E-state index is -1.73. The first-order valence-corrected chi connectivity index (χ1v) is 30.0. The fourth-order valence-electron chi connectivity index (χ4n) is 8.53. The number of amides is 9. The quantitative estimate of drug-likeness (QED) is 0.0153. The zero-order valence-electron chi connectivity index (χ0n) is 52.0. The Morgan fingerprint density at radius 3 is 0.772 bits per heavy atom. The molecule has 38 N–H and O–H groups in total. The average Bonchev–Trinajstić information content (AvgIpc) is 1.07. The number of carboxylic acids is 2. The largest absolute Gasteiger partial charge is 0.481 e. The van der Waals surface area contributed by atoms with Crippen LogP contribution < -0.4 is 123 Å². The van der Waals surface area contributed by atoms with Crippen LogP contribution in [0.3, 0.4) is 0 Å². The van der Waals surface area contributed by atoms with Gasteiger partial charge < -0.3 is 133 Å². The summed E-state index contributed by atoms with van der Waals surface area (Å²) >= 11 is 0. The Bertz CT molecular complexity index is 2520. The summed E-state index contributed by atoms with van der Waals surface area (Å²) in [6.07, 6.45) is -1.12. The van der Waals surface area contributed by atoms with E-state index in [4.69, 9.17) is 80.3 Å². The molecule has 92 heavy (non-hydrogen) atoms. The number of carbonyl (C=O) groups is 11. The predicted octanol–water partition coefficient (Wildman–Crippen LogP) is -10.1. The van der Waals surface area contributed by atoms with Crippen molar-refractivity contribution in [3.8, 4) is 0 Å². The summed E-state index contributed by atoms with van der Waals surface area (Å²) in [4.78, 5) is 169. The minimum absolute atomic E-state index is 0.00465. The van der Waals surface area contributed by atoms with Gasteiger partial charge in [-0.25, -0.2) is 4.79 Å². The molecular formula is C52H101N27O13. The van der Waals surface area contributed by atoms with Crippen molar-refractivity contribution in [2.24, 2.45) is 105 Å². The minimum Gasteiger partial charge on any atom is -0.481 e. The Hall–Kier alpha value is -9.60. The third-order valence-electron chi connectivity index (χ3n) is 13.4. The van der Waals surface area contributed by atoms with Crippen LogP contribution in [-0.2, 0) is 52.7 Å². The average molecular weight is 1310 g/mol. The monoisotopic (exact) mass is 1310 g/mol. The maximum absolute atomic E-state index is 14.5. The molecule has 0 heterocycles. The molecule has 0 fully saturated rings. The van der Waals surface area contributed by atoms with Gasteiger partial charge >= 0.3 is 11.9 Å². The number of carbonyl (C=O) groups excluding carboxylic acids is 9. The molecule has 0 aromatic carbocycles. The second-order valence-corrected chi connectivity index (χ2v) is 21.2. The van der Waals surface area contributed by atoms with Crippen molar-refractivity contribution in [1.29, 1.82) is 0 Å². The normalized spacial score (nSPS) is 13.7. The molecular weight excluding hydrogens is 1210 g/mol. The van der Waals surface area contributed by atoms with Gasteiger partial charge in [0.1, 0.15) is 48.3 Å². The summed E-state index contributed by atoms with van der Waals surface area (Å²) in [5.41, 5.74) is 77.5. The van der Waals surface area contributed by atoms with E-state index in [1.807, 2.05) is 0 Å². The molecule has 40 heteroatoms. The molecule has 522 valence electrons. The van der Waals surface area contributed by atoms with Crippen molar-refractivity contribution in [2.75, 3.05) is 45.8 Å². The van der Waals surface area contributed by atoms with Gasteiger partial charge in [0.05, 0.1) is 6.04 Å². The number of aliphatic imine (C=N–C) groups is 5. The lowest BCUT2D eigenvalue weighted by molar-refractivity contribution is -0.142. The zero-order chi connectivity index (χ0) is 69.7. The number of aliphatic carboxylic acids is 2. The van der Waals surface area contributed by atoms with Crippen molar-refractivity contribution in [1.82, 2.24) is 42.5 Å². The van der Waals surface area contributed by atoms with Crippen molar-refractivity contribution in [3.63, 3.8) is 0 Å². The Balaban J connectivity index is 7.34. The van der Waals surface area contributed by atoms with Crippen LogP contribution in [0.15, 0.2) is 25.0 Å². The first kappa shape index (κ1) is 82.4. The summed E-state index contributed by atoms with van der Waals surface area (Å²) in [7, 11) is 0. The number of rotatable bonds is 51. The number of carboxylic acid groups (broad SMARTS) is 2. The summed E-state index contributed by atoms with van der Waals surface area (Å²) in [6.45, 7) is 0.427.